The topological polar surface area (TPSA) is 66.3 Å². The van der Waals surface area contributed by atoms with E-state index >= 15 is 0 Å². The first kappa shape index (κ1) is 18.2. The number of hydrogen-bond acceptors (Lipinski definition) is 4. The molecular formula is C26H22N2O3. The molecule has 0 saturated carbocycles. The van der Waals surface area contributed by atoms with Gasteiger partial charge in [0.15, 0.2) is 22.0 Å². The second-order valence-corrected chi connectivity index (χ2v) is 8.50. The molecule has 1 aromatic heterocycles. The van der Waals surface area contributed by atoms with Crippen LogP contribution >= 0.6 is 0 Å². The quantitative estimate of drug-likeness (QED) is 0.303. The normalized spacial score (nSPS) is 14.8. The van der Waals surface area contributed by atoms with Crippen LogP contribution in [0.5, 0.6) is 0 Å². The van der Waals surface area contributed by atoms with E-state index in [1.165, 1.54) is 6.42 Å². The van der Waals surface area contributed by atoms with Gasteiger partial charge in [-0.3, -0.25) is 9.59 Å². The first-order chi connectivity index (χ1) is 15.1. The van der Waals surface area contributed by atoms with Crippen molar-refractivity contribution >= 4 is 49.4 Å². The minimum atomic E-state index is -0.132. The maximum Gasteiger partial charge on any atom is 0.196 e. The highest BCUT2D eigenvalue weighted by atomic mass is 16.3. The molecule has 0 radical (unpaired) electrons. The molecular weight excluding hydrogens is 388 g/mol. The van der Waals surface area contributed by atoms with Crippen molar-refractivity contribution in [2.45, 2.75) is 26.2 Å². The largest absolute Gasteiger partial charge is 0.453 e. The number of aromatic amines is 1. The van der Waals surface area contributed by atoms with Crippen LogP contribution in [0.15, 0.2) is 62.5 Å². The molecule has 5 nitrogen and oxygen atoms in total. The van der Waals surface area contributed by atoms with E-state index in [2.05, 4.69) is 9.88 Å². The van der Waals surface area contributed by atoms with Gasteiger partial charge in [0.2, 0.25) is 0 Å². The molecule has 0 bridgehead atoms. The Morgan fingerprint density at radius 2 is 1.55 bits per heavy atom. The van der Waals surface area contributed by atoms with Crippen molar-refractivity contribution in [3.05, 3.63) is 74.5 Å². The van der Waals surface area contributed by atoms with Gasteiger partial charge in [-0.05, 0) is 43.9 Å². The monoisotopic (exact) mass is 410 g/mol. The van der Waals surface area contributed by atoms with Crippen LogP contribution in [0.3, 0.4) is 0 Å². The summed E-state index contributed by atoms with van der Waals surface area (Å²) in [6.07, 6.45) is 3.33. The Morgan fingerprint density at radius 1 is 0.839 bits per heavy atom. The Balaban J connectivity index is 1.86. The number of piperidine rings is 1. The first-order valence-electron chi connectivity index (χ1n) is 10.8. The summed E-state index contributed by atoms with van der Waals surface area (Å²) in [4.78, 5) is 32.9. The standard InChI is InChI=1S/C26H22N2O3/c1-15-9-10-18-20(13-15)31-21-14-19(28-11-5-2-6-12-28)22-23(24(21)27-18)26(30)17-8-4-3-7-16(17)25(22)29/h3-4,7-10,13-14,27H,2,5-6,11-12H2,1H3. The van der Waals surface area contributed by atoms with Crippen molar-refractivity contribution in [2.75, 3.05) is 18.0 Å². The van der Waals surface area contributed by atoms with E-state index in [0.29, 0.717) is 32.6 Å². The second-order valence-electron chi connectivity index (χ2n) is 8.50. The van der Waals surface area contributed by atoms with E-state index in [1.807, 2.05) is 37.3 Å². The number of rotatable bonds is 1. The van der Waals surface area contributed by atoms with Gasteiger partial charge in [0.1, 0.15) is 0 Å². The second kappa shape index (κ2) is 6.71. The van der Waals surface area contributed by atoms with Crippen LogP contribution in [0, 0.1) is 6.92 Å². The lowest BCUT2D eigenvalue weighted by molar-refractivity contribution is 0.578. The van der Waals surface area contributed by atoms with E-state index in [4.69, 9.17) is 4.42 Å². The summed E-state index contributed by atoms with van der Waals surface area (Å²) < 4.78 is 6.27. The van der Waals surface area contributed by atoms with Crippen molar-refractivity contribution < 1.29 is 4.42 Å². The molecule has 0 unspecified atom stereocenters. The Kier molecular flexibility index (Phi) is 3.93. The lowest BCUT2D eigenvalue weighted by Gasteiger charge is -2.30. The van der Waals surface area contributed by atoms with Crippen LogP contribution in [0.25, 0.3) is 43.7 Å². The summed E-state index contributed by atoms with van der Waals surface area (Å²) in [5, 5.41) is 1.85. The van der Waals surface area contributed by atoms with Crippen molar-refractivity contribution in [3.8, 4) is 0 Å². The van der Waals surface area contributed by atoms with E-state index in [-0.39, 0.29) is 10.9 Å². The van der Waals surface area contributed by atoms with E-state index in [1.54, 1.807) is 18.2 Å². The molecule has 1 saturated heterocycles. The minimum absolute atomic E-state index is 0.0925. The number of fused-ring (bicyclic) bond motifs is 5. The third-order valence-electron chi connectivity index (χ3n) is 6.45. The van der Waals surface area contributed by atoms with Gasteiger partial charge in [-0.15, -0.1) is 0 Å². The Hall–Kier alpha value is -3.60. The third kappa shape index (κ3) is 2.69. The van der Waals surface area contributed by atoms with Crippen molar-refractivity contribution in [2.24, 2.45) is 0 Å². The highest BCUT2D eigenvalue weighted by molar-refractivity contribution is 6.14. The molecule has 1 fully saturated rings. The molecule has 1 aliphatic rings. The van der Waals surface area contributed by atoms with Crippen LogP contribution in [-0.4, -0.2) is 18.1 Å². The summed E-state index contributed by atoms with van der Waals surface area (Å²) in [7, 11) is 0. The zero-order valence-corrected chi connectivity index (χ0v) is 17.3. The molecule has 0 spiro atoms. The fraction of sp³-hybridized carbons (Fsp3) is 0.231. The highest BCUT2D eigenvalue weighted by Crippen LogP contribution is 2.34. The fourth-order valence-corrected chi connectivity index (χ4v) is 4.91. The van der Waals surface area contributed by atoms with Crippen LogP contribution < -0.4 is 15.8 Å². The van der Waals surface area contributed by atoms with Gasteiger partial charge in [-0.25, -0.2) is 0 Å². The van der Waals surface area contributed by atoms with E-state index < -0.39 is 0 Å². The van der Waals surface area contributed by atoms with Crippen molar-refractivity contribution in [3.63, 3.8) is 0 Å². The van der Waals surface area contributed by atoms with Crippen LogP contribution in [0.1, 0.15) is 24.8 Å². The predicted molar refractivity (Wildman–Crippen MR) is 126 cm³/mol. The zero-order chi connectivity index (χ0) is 21.1. The summed E-state index contributed by atoms with van der Waals surface area (Å²) in [6, 6.07) is 15.0. The zero-order valence-electron chi connectivity index (χ0n) is 17.3. The number of benzene rings is 4. The molecule has 0 amide bonds. The third-order valence-corrected chi connectivity index (χ3v) is 6.45. The van der Waals surface area contributed by atoms with Crippen molar-refractivity contribution in [1.82, 2.24) is 4.98 Å². The van der Waals surface area contributed by atoms with E-state index in [0.717, 1.165) is 48.3 Å². The number of anilines is 1. The molecule has 6 rings (SSSR count). The van der Waals surface area contributed by atoms with Gasteiger partial charge >= 0.3 is 0 Å². The minimum Gasteiger partial charge on any atom is -0.453 e. The number of nitrogens with one attached hydrogen (secondary N) is 1. The molecule has 5 aromatic rings. The highest BCUT2D eigenvalue weighted by Gasteiger charge is 2.22. The molecule has 2 heterocycles. The SMILES string of the molecule is Cc1ccc2[nH]c3c(cc(N4CCCCC4)c4c(=O)c5ccccc5c(=O)c43)oc2c1. The lowest BCUT2D eigenvalue weighted by Crippen LogP contribution is -2.31. The number of H-pyrrole nitrogens is 1. The molecule has 4 aromatic carbocycles. The molecule has 1 N–H and O–H groups in total. The van der Waals surface area contributed by atoms with Gasteiger partial charge in [0, 0.05) is 29.9 Å². The summed E-state index contributed by atoms with van der Waals surface area (Å²) in [5.41, 5.74) is 4.38. The number of hydrogen-bond donors (Lipinski definition) is 1. The average Bonchev–Trinajstić information content (AvgIpc) is 2.80. The average molecular weight is 410 g/mol. The first-order valence-corrected chi connectivity index (χ1v) is 10.8. The van der Waals surface area contributed by atoms with E-state index in [9.17, 15) is 9.59 Å². The van der Waals surface area contributed by atoms with Gasteiger partial charge < -0.3 is 14.3 Å². The summed E-state index contributed by atoms with van der Waals surface area (Å²) >= 11 is 0. The van der Waals surface area contributed by atoms with Crippen molar-refractivity contribution in [1.29, 1.82) is 0 Å². The maximum absolute atomic E-state index is 13.7. The smallest absolute Gasteiger partial charge is 0.196 e. The van der Waals surface area contributed by atoms with Gasteiger partial charge in [-0.2, -0.15) is 0 Å². The van der Waals surface area contributed by atoms with Gasteiger partial charge in [0.25, 0.3) is 0 Å². The van der Waals surface area contributed by atoms with Crippen LogP contribution in [0.4, 0.5) is 5.69 Å². The molecule has 154 valence electrons. The molecule has 31 heavy (non-hydrogen) atoms. The maximum atomic E-state index is 13.7. The number of aromatic nitrogens is 1. The Morgan fingerprint density at radius 3 is 2.29 bits per heavy atom. The van der Waals surface area contributed by atoms with Crippen LogP contribution in [0.2, 0.25) is 0 Å². The Bertz CT molecular complexity index is 1620. The number of aryl methyl sites for hydroxylation is 1. The van der Waals surface area contributed by atoms with Gasteiger partial charge in [-0.1, -0.05) is 30.3 Å². The van der Waals surface area contributed by atoms with Crippen LogP contribution in [-0.2, 0) is 0 Å². The molecule has 5 heteroatoms. The molecule has 0 aliphatic carbocycles. The molecule has 0 atom stereocenters. The summed E-state index contributed by atoms with van der Waals surface area (Å²) in [6.45, 7) is 3.76. The van der Waals surface area contributed by atoms with Gasteiger partial charge in [0.05, 0.1) is 27.5 Å². The summed E-state index contributed by atoms with van der Waals surface area (Å²) in [5.74, 6) is 0. The lowest BCUT2D eigenvalue weighted by atomic mass is 9.98. The molecule has 1 aliphatic heterocycles. The predicted octanol–water partition coefficient (Wildman–Crippen LogP) is 5.24. The fourth-order valence-electron chi connectivity index (χ4n) is 4.91. The number of nitrogens with zero attached hydrogens (tertiary/aromatic N) is 1. The Labute approximate surface area is 177 Å².